The Morgan fingerprint density at radius 1 is 1.67 bits per heavy atom. The lowest BCUT2D eigenvalue weighted by Crippen LogP contribution is -1.96. The second-order valence-corrected chi connectivity index (χ2v) is 3.02. The molecule has 3 nitrogen and oxygen atoms in total. The van der Waals surface area contributed by atoms with Crippen molar-refractivity contribution in [3.63, 3.8) is 0 Å². The summed E-state index contributed by atoms with van der Waals surface area (Å²) in [4.78, 5) is 0. The smallest absolute Gasteiger partial charge is 0.134 e. The van der Waals surface area contributed by atoms with Gasteiger partial charge in [-0.2, -0.15) is 0 Å². The molecule has 0 saturated heterocycles. The standard InChI is InChI=1S/C9H15NO2/c1-3-4-5-9(11)8-6-7(2)12-10-8/h6,9,11H,3-5H2,1-2H3/t9-/m1/s1. The van der Waals surface area contributed by atoms with E-state index in [0.29, 0.717) is 5.69 Å². The first-order valence-electron chi connectivity index (χ1n) is 4.35. The zero-order valence-electron chi connectivity index (χ0n) is 7.58. The molecule has 0 aliphatic heterocycles. The summed E-state index contributed by atoms with van der Waals surface area (Å²) in [5, 5.41) is 13.3. The van der Waals surface area contributed by atoms with Crippen LogP contribution in [0.1, 0.15) is 43.7 Å². The van der Waals surface area contributed by atoms with Crippen LogP contribution in [0.4, 0.5) is 0 Å². The SMILES string of the molecule is CCCC[C@@H](O)c1cc(C)on1. The monoisotopic (exact) mass is 169 g/mol. The van der Waals surface area contributed by atoms with E-state index in [2.05, 4.69) is 12.1 Å². The molecule has 0 saturated carbocycles. The van der Waals surface area contributed by atoms with Gasteiger partial charge >= 0.3 is 0 Å². The number of rotatable bonds is 4. The van der Waals surface area contributed by atoms with E-state index < -0.39 is 6.10 Å². The number of aliphatic hydroxyl groups excluding tert-OH is 1. The zero-order valence-corrected chi connectivity index (χ0v) is 7.58. The van der Waals surface area contributed by atoms with Crippen molar-refractivity contribution in [2.75, 3.05) is 0 Å². The molecule has 1 N–H and O–H groups in total. The van der Waals surface area contributed by atoms with E-state index >= 15 is 0 Å². The quantitative estimate of drug-likeness (QED) is 0.751. The first-order valence-corrected chi connectivity index (χ1v) is 4.35. The number of hydrogen-bond acceptors (Lipinski definition) is 3. The molecular weight excluding hydrogens is 154 g/mol. The molecule has 0 aliphatic carbocycles. The second-order valence-electron chi connectivity index (χ2n) is 3.02. The fourth-order valence-corrected chi connectivity index (χ4v) is 1.09. The zero-order chi connectivity index (χ0) is 8.97. The third-order valence-corrected chi connectivity index (χ3v) is 1.82. The molecule has 0 aromatic carbocycles. The minimum Gasteiger partial charge on any atom is -0.387 e. The van der Waals surface area contributed by atoms with Gasteiger partial charge in [-0.3, -0.25) is 0 Å². The Labute approximate surface area is 72.4 Å². The summed E-state index contributed by atoms with van der Waals surface area (Å²) >= 11 is 0. The van der Waals surface area contributed by atoms with Gasteiger partial charge in [0, 0.05) is 6.07 Å². The second kappa shape index (κ2) is 4.26. The van der Waals surface area contributed by atoms with Gasteiger partial charge in [-0.05, 0) is 13.3 Å². The highest BCUT2D eigenvalue weighted by molar-refractivity contribution is 5.06. The molecule has 0 unspecified atom stereocenters. The lowest BCUT2D eigenvalue weighted by molar-refractivity contribution is 0.154. The summed E-state index contributed by atoms with van der Waals surface area (Å²) < 4.78 is 4.86. The minimum atomic E-state index is -0.456. The molecule has 1 aromatic rings. The van der Waals surface area contributed by atoms with Crippen LogP contribution in [0.15, 0.2) is 10.6 Å². The van der Waals surface area contributed by atoms with Crippen LogP contribution >= 0.6 is 0 Å². The van der Waals surface area contributed by atoms with E-state index in [1.54, 1.807) is 6.07 Å². The number of unbranched alkanes of at least 4 members (excludes halogenated alkanes) is 1. The largest absolute Gasteiger partial charge is 0.387 e. The van der Waals surface area contributed by atoms with Crippen molar-refractivity contribution in [2.24, 2.45) is 0 Å². The van der Waals surface area contributed by atoms with Crippen molar-refractivity contribution in [1.82, 2.24) is 5.16 Å². The predicted octanol–water partition coefficient (Wildman–Crippen LogP) is 2.21. The molecular formula is C9H15NO2. The third-order valence-electron chi connectivity index (χ3n) is 1.82. The van der Waals surface area contributed by atoms with E-state index in [-0.39, 0.29) is 0 Å². The predicted molar refractivity (Wildman–Crippen MR) is 45.7 cm³/mol. The van der Waals surface area contributed by atoms with Crippen molar-refractivity contribution in [3.05, 3.63) is 17.5 Å². The Hall–Kier alpha value is -0.830. The van der Waals surface area contributed by atoms with Crippen molar-refractivity contribution < 1.29 is 9.63 Å². The van der Waals surface area contributed by atoms with Gasteiger partial charge in [-0.1, -0.05) is 24.9 Å². The van der Waals surface area contributed by atoms with Gasteiger partial charge < -0.3 is 9.63 Å². The van der Waals surface area contributed by atoms with Gasteiger partial charge in [0.05, 0.1) is 6.10 Å². The van der Waals surface area contributed by atoms with Crippen molar-refractivity contribution in [1.29, 1.82) is 0 Å². The minimum absolute atomic E-state index is 0.456. The van der Waals surface area contributed by atoms with E-state index in [1.165, 1.54) is 0 Å². The maximum Gasteiger partial charge on any atom is 0.134 e. The number of aryl methyl sites for hydroxylation is 1. The van der Waals surface area contributed by atoms with Crippen LogP contribution in [0.3, 0.4) is 0 Å². The van der Waals surface area contributed by atoms with E-state index in [4.69, 9.17) is 4.52 Å². The molecule has 3 heteroatoms. The van der Waals surface area contributed by atoms with Crippen LogP contribution in [0.2, 0.25) is 0 Å². The maximum absolute atomic E-state index is 9.54. The van der Waals surface area contributed by atoms with Crippen LogP contribution in [-0.4, -0.2) is 10.3 Å². The maximum atomic E-state index is 9.54. The average Bonchev–Trinajstić information content (AvgIpc) is 2.47. The number of nitrogens with zero attached hydrogens (tertiary/aromatic N) is 1. The molecule has 0 amide bonds. The Morgan fingerprint density at radius 2 is 2.42 bits per heavy atom. The summed E-state index contributed by atoms with van der Waals surface area (Å²) in [5.41, 5.74) is 0.654. The highest BCUT2D eigenvalue weighted by Crippen LogP contribution is 2.18. The van der Waals surface area contributed by atoms with Crippen LogP contribution < -0.4 is 0 Å². The Bertz CT molecular complexity index is 232. The topological polar surface area (TPSA) is 46.3 Å². The molecule has 12 heavy (non-hydrogen) atoms. The average molecular weight is 169 g/mol. The normalized spacial score (nSPS) is 13.2. The molecule has 0 aliphatic rings. The summed E-state index contributed by atoms with van der Waals surface area (Å²) in [5.74, 6) is 0.751. The summed E-state index contributed by atoms with van der Waals surface area (Å²) in [6, 6.07) is 1.78. The summed E-state index contributed by atoms with van der Waals surface area (Å²) in [7, 11) is 0. The van der Waals surface area contributed by atoms with Crippen LogP contribution in [0.25, 0.3) is 0 Å². The third kappa shape index (κ3) is 2.34. The summed E-state index contributed by atoms with van der Waals surface area (Å²) in [6.45, 7) is 3.92. The Morgan fingerprint density at radius 3 is 2.92 bits per heavy atom. The molecule has 0 fully saturated rings. The van der Waals surface area contributed by atoms with Crippen LogP contribution in [0, 0.1) is 6.92 Å². The molecule has 1 atom stereocenters. The molecule has 0 bridgehead atoms. The molecule has 1 rings (SSSR count). The lowest BCUT2D eigenvalue weighted by atomic mass is 10.1. The van der Waals surface area contributed by atoms with Gasteiger partial charge in [-0.25, -0.2) is 0 Å². The highest BCUT2D eigenvalue weighted by atomic mass is 16.5. The van der Waals surface area contributed by atoms with Gasteiger partial charge in [0.2, 0.25) is 0 Å². The number of hydrogen-bond donors (Lipinski definition) is 1. The number of aliphatic hydroxyl groups is 1. The van der Waals surface area contributed by atoms with Crippen LogP contribution in [0.5, 0.6) is 0 Å². The van der Waals surface area contributed by atoms with E-state index in [9.17, 15) is 5.11 Å². The summed E-state index contributed by atoms with van der Waals surface area (Å²) in [6.07, 6.45) is 2.42. The van der Waals surface area contributed by atoms with E-state index in [0.717, 1.165) is 25.0 Å². The van der Waals surface area contributed by atoms with Crippen molar-refractivity contribution in [3.8, 4) is 0 Å². The fraction of sp³-hybridized carbons (Fsp3) is 0.667. The number of aromatic nitrogens is 1. The van der Waals surface area contributed by atoms with Gasteiger partial charge in [0.25, 0.3) is 0 Å². The molecule has 0 radical (unpaired) electrons. The first kappa shape index (κ1) is 9.26. The van der Waals surface area contributed by atoms with E-state index in [1.807, 2.05) is 6.92 Å². The fourth-order valence-electron chi connectivity index (χ4n) is 1.09. The van der Waals surface area contributed by atoms with Crippen LogP contribution in [-0.2, 0) is 0 Å². The molecule has 68 valence electrons. The molecule has 0 spiro atoms. The Kier molecular flexibility index (Phi) is 3.29. The van der Waals surface area contributed by atoms with Gasteiger partial charge in [0.15, 0.2) is 0 Å². The van der Waals surface area contributed by atoms with Crippen molar-refractivity contribution in [2.45, 2.75) is 39.2 Å². The Balaban J connectivity index is 2.47. The van der Waals surface area contributed by atoms with Gasteiger partial charge in [0.1, 0.15) is 11.5 Å². The lowest BCUT2D eigenvalue weighted by Gasteiger charge is -2.03. The highest BCUT2D eigenvalue weighted by Gasteiger charge is 2.10. The first-order chi connectivity index (χ1) is 5.74. The van der Waals surface area contributed by atoms with Crippen molar-refractivity contribution >= 4 is 0 Å². The molecule has 1 aromatic heterocycles. The van der Waals surface area contributed by atoms with Gasteiger partial charge in [-0.15, -0.1) is 0 Å². The molecule has 1 heterocycles.